The Balaban J connectivity index is 1.50. The van der Waals surface area contributed by atoms with E-state index >= 15 is 0 Å². The highest BCUT2D eigenvalue weighted by atomic mass is 35.5. The molecule has 0 radical (unpaired) electrons. The van der Waals surface area contributed by atoms with Gasteiger partial charge in [-0.25, -0.2) is 9.67 Å². The molecule has 1 aromatic carbocycles. The van der Waals surface area contributed by atoms with Crippen LogP contribution in [0.2, 0.25) is 5.02 Å². The number of amides is 1. The van der Waals surface area contributed by atoms with Gasteiger partial charge in [-0.1, -0.05) is 35.9 Å². The SMILES string of the molecule is CCn1cc(C(F)(F)F)nc1-c1ccc(CN2C(=O)C(OS(C)(=O)=O)Cn3nc(-c4c(Cl)cnn4C(C)C)cc32)cc1. The molecule has 4 aromatic rings. The summed E-state index contributed by atoms with van der Waals surface area (Å²) in [5.41, 5.74) is 1.07. The topological polar surface area (TPSA) is 117 Å². The van der Waals surface area contributed by atoms with E-state index in [-0.39, 0.29) is 31.5 Å². The molecule has 1 aliphatic rings. The summed E-state index contributed by atoms with van der Waals surface area (Å²) >= 11 is 6.42. The Bertz CT molecular complexity index is 1740. The van der Waals surface area contributed by atoms with Crippen molar-refractivity contribution in [1.29, 1.82) is 0 Å². The minimum atomic E-state index is -4.58. The van der Waals surface area contributed by atoms with Gasteiger partial charge in [0.15, 0.2) is 11.8 Å². The van der Waals surface area contributed by atoms with Crippen LogP contribution in [0.3, 0.4) is 0 Å². The number of carbonyl (C=O) groups is 1. The molecule has 224 valence electrons. The van der Waals surface area contributed by atoms with Gasteiger partial charge in [-0.15, -0.1) is 0 Å². The Kier molecular flexibility index (Phi) is 7.70. The van der Waals surface area contributed by atoms with Crippen LogP contribution in [-0.2, 0) is 44.9 Å². The van der Waals surface area contributed by atoms with E-state index < -0.39 is 34.0 Å². The van der Waals surface area contributed by atoms with Crippen molar-refractivity contribution in [3.05, 3.63) is 59.0 Å². The standard InChI is InChI=1S/C26H27ClF3N7O4S/c1-5-34-14-21(26(28,29)30)32-24(34)17-8-6-16(7-9-17)12-35-22-10-19(23-18(27)11-31-37(23)15(2)3)33-36(22)13-20(25(35)38)41-42(4,39)40/h6-11,14-15,20H,5,12-13H2,1-4H3. The third-order valence-corrected chi connectivity index (χ3v) is 7.51. The molecule has 16 heteroatoms. The van der Waals surface area contributed by atoms with Crippen molar-refractivity contribution in [2.45, 2.75) is 58.7 Å². The maximum atomic E-state index is 13.5. The maximum Gasteiger partial charge on any atom is 0.434 e. The highest BCUT2D eigenvalue weighted by Gasteiger charge is 2.38. The molecule has 0 bridgehead atoms. The van der Waals surface area contributed by atoms with Crippen LogP contribution in [0.5, 0.6) is 0 Å². The number of carbonyl (C=O) groups excluding carboxylic acids is 1. The lowest BCUT2D eigenvalue weighted by atomic mass is 10.1. The van der Waals surface area contributed by atoms with E-state index in [4.69, 9.17) is 15.8 Å². The summed E-state index contributed by atoms with van der Waals surface area (Å²) in [6.07, 6.45) is -2.61. The molecule has 1 amide bonds. The fourth-order valence-electron chi connectivity index (χ4n) is 4.78. The summed E-state index contributed by atoms with van der Waals surface area (Å²) in [7, 11) is -3.98. The largest absolute Gasteiger partial charge is 0.434 e. The number of hydrogen-bond acceptors (Lipinski definition) is 7. The van der Waals surface area contributed by atoms with Crippen LogP contribution in [-0.4, -0.2) is 55.8 Å². The van der Waals surface area contributed by atoms with Gasteiger partial charge in [0.25, 0.3) is 16.0 Å². The van der Waals surface area contributed by atoms with E-state index in [2.05, 4.69) is 15.2 Å². The molecule has 4 heterocycles. The summed E-state index contributed by atoms with van der Waals surface area (Å²) in [6, 6.07) is 8.19. The van der Waals surface area contributed by atoms with E-state index in [9.17, 15) is 26.4 Å². The Morgan fingerprint density at radius 3 is 2.48 bits per heavy atom. The number of hydrogen-bond donors (Lipinski definition) is 0. The van der Waals surface area contributed by atoms with Gasteiger partial charge in [-0.3, -0.25) is 18.6 Å². The predicted molar refractivity (Wildman–Crippen MR) is 148 cm³/mol. The summed E-state index contributed by atoms with van der Waals surface area (Å²) in [5.74, 6) is -0.0481. The van der Waals surface area contributed by atoms with Crippen molar-refractivity contribution in [3.8, 4) is 22.8 Å². The molecule has 1 unspecified atom stereocenters. The van der Waals surface area contributed by atoms with Crippen molar-refractivity contribution in [2.75, 3.05) is 11.2 Å². The van der Waals surface area contributed by atoms with Crippen LogP contribution in [0.1, 0.15) is 38.1 Å². The Hall–Kier alpha value is -3.69. The smallest absolute Gasteiger partial charge is 0.331 e. The van der Waals surface area contributed by atoms with Gasteiger partial charge in [-0.05, 0) is 26.3 Å². The maximum absolute atomic E-state index is 13.5. The van der Waals surface area contributed by atoms with Gasteiger partial charge >= 0.3 is 6.18 Å². The zero-order chi connectivity index (χ0) is 30.6. The molecule has 11 nitrogen and oxygen atoms in total. The van der Waals surface area contributed by atoms with E-state index in [1.54, 1.807) is 41.9 Å². The molecule has 3 aromatic heterocycles. The fourth-order valence-corrected chi connectivity index (χ4v) is 5.57. The number of fused-ring (bicyclic) bond motifs is 1. The van der Waals surface area contributed by atoms with Crippen molar-refractivity contribution in [2.24, 2.45) is 0 Å². The Morgan fingerprint density at radius 1 is 1.19 bits per heavy atom. The van der Waals surface area contributed by atoms with Gasteiger partial charge in [0.2, 0.25) is 0 Å². The third-order valence-electron chi connectivity index (χ3n) is 6.65. The zero-order valence-electron chi connectivity index (χ0n) is 23.0. The number of rotatable bonds is 8. The van der Waals surface area contributed by atoms with E-state index in [1.807, 2.05) is 13.8 Å². The normalized spacial score (nSPS) is 16.0. The second-order valence-corrected chi connectivity index (χ2v) is 12.1. The second-order valence-electron chi connectivity index (χ2n) is 10.1. The fraction of sp³-hybridized carbons (Fsp3) is 0.385. The average Bonchev–Trinajstić information content (AvgIpc) is 3.62. The number of nitrogens with zero attached hydrogens (tertiary/aromatic N) is 7. The van der Waals surface area contributed by atoms with Gasteiger partial charge < -0.3 is 4.57 Å². The first-order valence-corrected chi connectivity index (χ1v) is 15.1. The van der Waals surface area contributed by atoms with Gasteiger partial charge in [0.05, 0.1) is 30.6 Å². The molecule has 1 atom stereocenters. The number of aromatic nitrogens is 6. The Morgan fingerprint density at radius 2 is 1.88 bits per heavy atom. The van der Waals surface area contributed by atoms with Gasteiger partial charge in [0, 0.05) is 30.4 Å². The van der Waals surface area contributed by atoms with Crippen LogP contribution in [0, 0.1) is 0 Å². The number of imidazole rings is 1. The van der Waals surface area contributed by atoms with Crippen LogP contribution in [0.4, 0.5) is 19.0 Å². The lowest BCUT2D eigenvalue weighted by molar-refractivity contribution is -0.140. The molecule has 0 spiro atoms. The van der Waals surface area contributed by atoms with Gasteiger partial charge in [0.1, 0.15) is 23.0 Å². The first kappa shape index (κ1) is 29.8. The molecule has 0 fully saturated rings. The predicted octanol–water partition coefficient (Wildman–Crippen LogP) is 4.77. The molecule has 42 heavy (non-hydrogen) atoms. The van der Waals surface area contributed by atoms with Crippen LogP contribution < -0.4 is 4.90 Å². The first-order chi connectivity index (χ1) is 19.7. The molecule has 1 aliphatic heterocycles. The number of aryl methyl sites for hydroxylation is 1. The monoisotopic (exact) mass is 625 g/mol. The molecular formula is C26H27ClF3N7O4S. The summed E-state index contributed by atoms with van der Waals surface area (Å²) in [4.78, 5) is 18.6. The summed E-state index contributed by atoms with van der Waals surface area (Å²) in [6.45, 7) is 5.71. The van der Waals surface area contributed by atoms with Crippen LogP contribution in [0.15, 0.2) is 42.7 Å². The highest BCUT2D eigenvalue weighted by Crippen LogP contribution is 2.35. The van der Waals surface area contributed by atoms with Gasteiger partial charge in [-0.2, -0.15) is 31.8 Å². The van der Waals surface area contributed by atoms with Crippen molar-refractivity contribution >= 4 is 33.4 Å². The molecule has 0 aliphatic carbocycles. The lowest BCUT2D eigenvalue weighted by Crippen LogP contribution is -2.48. The highest BCUT2D eigenvalue weighted by molar-refractivity contribution is 7.86. The van der Waals surface area contributed by atoms with Crippen LogP contribution >= 0.6 is 11.6 Å². The lowest BCUT2D eigenvalue weighted by Gasteiger charge is -2.32. The van der Waals surface area contributed by atoms with E-state index in [1.165, 1.54) is 20.3 Å². The summed E-state index contributed by atoms with van der Waals surface area (Å²) < 4.78 is 73.3. The molecular weight excluding hydrogens is 599 g/mol. The summed E-state index contributed by atoms with van der Waals surface area (Å²) in [5, 5.41) is 9.26. The number of halogens is 4. The van der Waals surface area contributed by atoms with Crippen molar-refractivity contribution < 1.29 is 30.6 Å². The quantitative estimate of drug-likeness (QED) is 0.259. The number of alkyl halides is 3. The Labute approximate surface area is 244 Å². The molecule has 5 rings (SSSR count). The van der Waals surface area contributed by atoms with E-state index in [0.717, 1.165) is 12.5 Å². The van der Waals surface area contributed by atoms with Crippen LogP contribution in [0.25, 0.3) is 22.8 Å². The van der Waals surface area contributed by atoms with Crippen molar-refractivity contribution in [3.63, 3.8) is 0 Å². The average molecular weight is 626 g/mol. The minimum absolute atomic E-state index is 0.00105. The zero-order valence-corrected chi connectivity index (χ0v) is 24.6. The van der Waals surface area contributed by atoms with E-state index in [0.29, 0.717) is 33.4 Å². The third kappa shape index (κ3) is 5.80. The minimum Gasteiger partial charge on any atom is -0.331 e. The molecule has 0 saturated carbocycles. The van der Waals surface area contributed by atoms with Crippen molar-refractivity contribution in [1.82, 2.24) is 29.1 Å². The molecule has 0 saturated heterocycles. The number of benzene rings is 1. The second kappa shape index (κ2) is 10.9. The first-order valence-electron chi connectivity index (χ1n) is 12.9. The number of anilines is 1. The molecule has 0 N–H and O–H groups in total.